The van der Waals surface area contributed by atoms with E-state index in [9.17, 15) is 9.90 Å². The van der Waals surface area contributed by atoms with Gasteiger partial charge in [-0.3, -0.25) is 4.79 Å². The molecule has 0 spiro atoms. The van der Waals surface area contributed by atoms with E-state index in [0.717, 1.165) is 23.0 Å². The molecule has 0 aliphatic heterocycles. The molecule has 2 aromatic carbocycles. The number of aromatic nitrogens is 1. The number of amides is 1. The number of anilines is 1. The largest absolute Gasteiger partial charge is 0.493 e. The fourth-order valence-corrected chi connectivity index (χ4v) is 2.86. The summed E-state index contributed by atoms with van der Waals surface area (Å²) in [5, 5.41) is 22.2. The average molecular weight is 364 g/mol. The molecule has 0 saturated heterocycles. The van der Waals surface area contributed by atoms with E-state index in [4.69, 9.17) is 0 Å². The lowest BCUT2D eigenvalue weighted by molar-refractivity contribution is -0.116. The summed E-state index contributed by atoms with van der Waals surface area (Å²) in [4.78, 5) is 12.0. The summed E-state index contributed by atoms with van der Waals surface area (Å²) in [6.45, 7) is 5.01. The molecule has 6 nitrogen and oxygen atoms in total. The Labute approximate surface area is 158 Å². The van der Waals surface area contributed by atoms with Gasteiger partial charge in [-0.15, -0.1) is 10.2 Å². The van der Waals surface area contributed by atoms with Crippen LogP contribution in [0.5, 0.6) is 5.88 Å². The lowest BCUT2D eigenvalue weighted by Crippen LogP contribution is -2.10. The predicted molar refractivity (Wildman–Crippen MR) is 108 cm³/mol. The van der Waals surface area contributed by atoms with Crippen LogP contribution >= 0.6 is 0 Å². The van der Waals surface area contributed by atoms with Gasteiger partial charge in [-0.25, -0.2) is 0 Å². The summed E-state index contributed by atoms with van der Waals surface area (Å²) < 4.78 is 1.83. The van der Waals surface area contributed by atoms with E-state index in [-0.39, 0.29) is 12.4 Å². The highest BCUT2D eigenvalue weighted by atomic mass is 16.3. The Morgan fingerprint density at radius 1 is 1.11 bits per heavy atom. The first-order valence-electron chi connectivity index (χ1n) is 9.10. The molecule has 1 amide bonds. The SMILES string of the molecule is CC(C)CCn1c(O)c(N=NC(=O)CNc2ccccc2)c2ccccc21. The van der Waals surface area contributed by atoms with Crippen molar-refractivity contribution in [1.29, 1.82) is 0 Å². The minimum atomic E-state index is -0.405. The van der Waals surface area contributed by atoms with Crippen LogP contribution in [0.25, 0.3) is 10.9 Å². The van der Waals surface area contributed by atoms with E-state index in [1.807, 2.05) is 59.2 Å². The fraction of sp³-hybridized carbons (Fsp3) is 0.286. The molecule has 0 unspecified atom stereocenters. The maximum atomic E-state index is 12.0. The molecule has 3 aromatic rings. The van der Waals surface area contributed by atoms with Crippen LogP contribution in [0.1, 0.15) is 20.3 Å². The van der Waals surface area contributed by atoms with Crippen molar-refractivity contribution in [3.05, 3.63) is 54.6 Å². The van der Waals surface area contributed by atoms with Crippen molar-refractivity contribution >= 4 is 28.2 Å². The highest BCUT2D eigenvalue weighted by molar-refractivity contribution is 5.95. The molecular formula is C21H24N4O2. The van der Waals surface area contributed by atoms with E-state index in [2.05, 4.69) is 29.4 Å². The molecule has 0 saturated carbocycles. The topological polar surface area (TPSA) is 79.0 Å². The Balaban J connectivity index is 1.78. The van der Waals surface area contributed by atoms with Gasteiger partial charge in [-0.1, -0.05) is 50.2 Å². The van der Waals surface area contributed by atoms with E-state index < -0.39 is 5.91 Å². The number of rotatable bonds is 7. The minimum absolute atomic E-state index is 0.0419. The van der Waals surface area contributed by atoms with E-state index in [1.54, 1.807) is 0 Å². The first kappa shape index (κ1) is 18.6. The Kier molecular flexibility index (Phi) is 5.86. The number of carbonyl (C=O) groups is 1. The first-order chi connectivity index (χ1) is 13.1. The summed E-state index contributed by atoms with van der Waals surface area (Å²) in [7, 11) is 0. The molecule has 27 heavy (non-hydrogen) atoms. The number of para-hydroxylation sites is 2. The molecule has 6 heteroatoms. The summed E-state index contributed by atoms with van der Waals surface area (Å²) in [5.74, 6) is 0.156. The van der Waals surface area contributed by atoms with Gasteiger partial charge < -0.3 is 15.0 Å². The predicted octanol–water partition coefficient (Wildman–Crippen LogP) is 5.12. The van der Waals surface area contributed by atoms with Gasteiger partial charge in [0.15, 0.2) is 5.69 Å². The van der Waals surface area contributed by atoms with Crippen LogP contribution in [0.4, 0.5) is 11.4 Å². The second-order valence-corrected chi connectivity index (χ2v) is 6.84. The van der Waals surface area contributed by atoms with Crippen molar-refractivity contribution in [2.24, 2.45) is 16.1 Å². The maximum Gasteiger partial charge on any atom is 0.283 e. The third-order valence-electron chi connectivity index (χ3n) is 4.33. The Morgan fingerprint density at radius 2 is 1.81 bits per heavy atom. The lowest BCUT2D eigenvalue weighted by Gasteiger charge is -2.08. The van der Waals surface area contributed by atoms with Gasteiger partial charge in [0, 0.05) is 17.6 Å². The Morgan fingerprint density at radius 3 is 2.56 bits per heavy atom. The van der Waals surface area contributed by atoms with Gasteiger partial charge >= 0.3 is 0 Å². The zero-order chi connectivity index (χ0) is 19.2. The van der Waals surface area contributed by atoms with Crippen LogP contribution < -0.4 is 5.32 Å². The number of benzene rings is 2. The Bertz CT molecular complexity index is 945. The standard InChI is InChI=1S/C21H24N4O2/c1-15(2)12-13-25-18-11-7-6-10-17(18)20(21(25)27)24-23-19(26)14-22-16-8-4-3-5-9-16/h3-11,15,22,27H,12-14H2,1-2H3. The van der Waals surface area contributed by atoms with E-state index in [0.29, 0.717) is 18.2 Å². The zero-order valence-electron chi connectivity index (χ0n) is 15.6. The van der Waals surface area contributed by atoms with Crippen LogP contribution in [-0.4, -0.2) is 22.1 Å². The smallest absolute Gasteiger partial charge is 0.283 e. The molecule has 3 rings (SSSR count). The number of hydrogen-bond donors (Lipinski definition) is 2. The molecule has 0 aliphatic rings. The molecule has 1 heterocycles. The van der Waals surface area contributed by atoms with Gasteiger partial charge in [0.2, 0.25) is 5.88 Å². The van der Waals surface area contributed by atoms with Crippen LogP contribution in [0.2, 0.25) is 0 Å². The van der Waals surface area contributed by atoms with Crippen molar-refractivity contribution in [3.63, 3.8) is 0 Å². The zero-order valence-corrected chi connectivity index (χ0v) is 15.6. The summed E-state index contributed by atoms with van der Waals surface area (Å²) in [5.41, 5.74) is 2.07. The van der Waals surface area contributed by atoms with Gasteiger partial charge in [-0.2, -0.15) is 0 Å². The normalized spacial score (nSPS) is 11.5. The third kappa shape index (κ3) is 4.53. The van der Waals surface area contributed by atoms with Crippen molar-refractivity contribution in [2.45, 2.75) is 26.8 Å². The van der Waals surface area contributed by atoms with Gasteiger partial charge in [0.05, 0.1) is 12.1 Å². The monoisotopic (exact) mass is 364 g/mol. The summed E-state index contributed by atoms with van der Waals surface area (Å²) in [6.07, 6.45) is 0.933. The number of azo groups is 1. The lowest BCUT2D eigenvalue weighted by atomic mass is 10.1. The van der Waals surface area contributed by atoms with Gasteiger partial charge in [0.1, 0.15) is 0 Å². The van der Waals surface area contributed by atoms with Crippen molar-refractivity contribution in [1.82, 2.24) is 4.57 Å². The van der Waals surface area contributed by atoms with E-state index >= 15 is 0 Å². The number of aryl methyl sites for hydroxylation is 1. The van der Waals surface area contributed by atoms with E-state index in [1.165, 1.54) is 0 Å². The molecule has 2 N–H and O–H groups in total. The molecule has 0 fully saturated rings. The highest BCUT2D eigenvalue weighted by Gasteiger charge is 2.16. The minimum Gasteiger partial charge on any atom is -0.493 e. The van der Waals surface area contributed by atoms with Crippen LogP contribution in [0.3, 0.4) is 0 Å². The average Bonchev–Trinajstić information content (AvgIpc) is 2.94. The molecule has 0 bridgehead atoms. The molecule has 0 radical (unpaired) electrons. The Hall–Kier alpha value is -3.15. The number of aromatic hydroxyl groups is 1. The summed E-state index contributed by atoms with van der Waals surface area (Å²) in [6, 6.07) is 17.0. The van der Waals surface area contributed by atoms with Crippen molar-refractivity contribution < 1.29 is 9.90 Å². The second kappa shape index (κ2) is 8.49. The van der Waals surface area contributed by atoms with Crippen molar-refractivity contribution in [2.75, 3.05) is 11.9 Å². The fourth-order valence-electron chi connectivity index (χ4n) is 2.86. The molecule has 0 atom stereocenters. The van der Waals surface area contributed by atoms with Crippen LogP contribution in [0, 0.1) is 5.92 Å². The quantitative estimate of drug-likeness (QED) is 0.571. The summed E-state index contributed by atoms with van der Waals surface area (Å²) >= 11 is 0. The first-order valence-corrected chi connectivity index (χ1v) is 9.10. The molecule has 140 valence electrons. The number of nitrogens with zero attached hydrogens (tertiary/aromatic N) is 3. The van der Waals surface area contributed by atoms with Crippen LogP contribution in [-0.2, 0) is 11.3 Å². The number of fused-ring (bicyclic) bond motifs is 1. The second-order valence-electron chi connectivity index (χ2n) is 6.84. The van der Waals surface area contributed by atoms with Crippen molar-refractivity contribution in [3.8, 4) is 5.88 Å². The molecule has 0 aliphatic carbocycles. The molecule has 1 aromatic heterocycles. The van der Waals surface area contributed by atoms with Gasteiger partial charge in [-0.05, 0) is 30.5 Å². The third-order valence-corrected chi connectivity index (χ3v) is 4.33. The molecular weight excluding hydrogens is 340 g/mol. The number of nitrogens with one attached hydrogen (secondary N) is 1. The maximum absolute atomic E-state index is 12.0. The highest BCUT2D eigenvalue weighted by Crippen LogP contribution is 2.39. The van der Waals surface area contributed by atoms with Gasteiger partial charge in [0.25, 0.3) is 5.91 Å². The number of carbonyl (C=O) groups excluding carboxylic acids is 1. The van der Waals surface area contributed by atoms with Crippen LogP contribution in [0.15, 0.2) is 64.8 Å². The number of hydrogen-bond acceptors (Lipinski definition) is 4.